The molecule has 1 N–H and O–H groups in total. The number of hydrogen-bond acceptors (Lipinski definition) is 5. The second-order valence-corrected chi connectivity index (χ2v) is 7.32. The fourth-order valence-corrected chi connectivity index (χ4v) is 3.90. The van der Waals surface area contributed by atoms with Crippen LogP contribution in [0, 0.1) is 5.92 Å². The first kappa shape index (κ1) is 18.8. The maximum atomic E-state index is 12.6. The third kappa shape index (κ3) is 4.81. The molecule has 2 fully saturated rings. The van der Waals surface area contributed by atoms with Crippen molar-refractivity contribution in [2.75, 3.05) is 33.4 Å². The summed E-state index contributed by atoms with van der Waals surface area (Å²) in [6, 6.07) is 0.0873. The van der Waals surface area contributed by atoms with Crippen LogP contribution in [0.3, 0.4) is 0 Å². The standard InChI is InChI=1S/C18H29N5O3/c1-26-10-8-19-18(25)16-13-23(21-20-16)15-7-4-9-22(12-15)17(24)11-14-5-2-3-6-14/h13-15H,2-12H2,1H3,(H,19,25)/t15-/m1/s1. The van der Waals surface area contributed by atoms with Crippen LogP contribution in [0.15, 0.2) is 6.20 Å². The Hall–Kier alpha value is -1.96. The van der Waals surface area contributed by atoms with Gasteiger partial charge in [0.05, 0.1) is 18.8 Å². The summed E-state index contributed by atoms with van der Waals surface area (Å²) in [5.41, 5.74) is 0.301. The number of nitrogens with one attached hydrogen (secondary N) is 1. The monoisotopic (exact) mass is 363 g/mol. The lowest BCUT2D eigenvalue weighted by Gasteiger charge is -2.33. The summed E-state index contributed by atoms with van der Waals surface area (Å²) >= 11 is 0. The van der Waals surface area contributed by atoms with Gasteiger partial charge in [-0.05, 0) is 31.6 Å². The molecule has 8 heteroatoms. The Morgan fingerprint density at radius 2 is 2.08 bits per heavy atom. The van der Waals surface area contributed by atoms with E-state index >= 15 is 0 Å². The van der Waals surface area contributed by atoms with Crippen LogP contribution in [0.25, 0.3) is 0 Å². The zero-order chi connectivity index (χ0) is 18.4. The third-order valence-electron chi connectivity index (χ3n) is 5.40. The number of hydrogen-bond donors (Lipinski definition) is 1. The SMILES string of the molecule is COCCNC(=O)c1cn([C@@H]2CCCN(C(=O)CC3CCCC3)C2)nn1. The van der Waals surface area contributed by atoms with Crippen LogP contribution >= 0.6 is 0 Å². The second kappa shape index (κ2) is 9.12. The molecule has 2 aliphatic rings. The molecule has 1 aliphatic carbocycles. The molecule has 1 aliphatic heterocycles. The summed E-state index contributed by atoms with van der Waals surface area (Å²) < 4.78 is 6.65. The highest BCUT2D eigenvalue weighted by Crippen LogP contribution is 2.29. The molecule has 1 aromatic heterocycles. The predicted octanol–water partition coefficient (Wildman–Crippen LogP) is 1.40. The summed E-state index contributed by atoms with van der Waals surface area (Å²) in [6.45, 7) is 2.37. The number of aromatic nitrogens is 3. The van der Waals surface area contributed by atoms with Crippen molar-refractivity contribution in [1.29, 1.82) is 0 Å². The summed E-state index contributed by atoms with van der Waals surface area (Å²) in [7, 11) is 1.59. The van der Waals surface area contributed by atoms with Crippen LogP contribution in [0.1, 0.15) is 61.5 Å². The van der Waals surface area contributed by atoms with E-state index in [1.165, 1.54) is 25.7 Å². The molecular weight excluding hydrogens is 334 g/mol. The first-order valence-corrected chi connectivity index (χ1v) is 9.64. The number of carbonyl (C=O) groups is 2. The second-order valence-electron chi connectivity index (χ2n) is 7.32. The fraction of sp³-hybridized carbons (Fsp3) is 0.778. The molecule has 0 unspecified atom stereocenters. The molecule has 0 spiro atoms. The van der Waals surface area contributed by atoms with E-state index < -0.39 is 0 Å². The van der Waals surface area contributed by atoms with Crippen LogP contribution in [-0.4, -0.2) is 65.1 Å². The van der Waals surface area contributed by atoms with Crippen LogP contribution < -0.4 is 5.32 Å². The normalized spacial score (nSPS) is 21.1. The molecule has 26 heavy (non-hydrogen) atoms. The van der Waals surface area contributed by atoms with Gasteiger partial charge in [-0.1, -0.05) is 18.1 Å². The molecule has 8 nitrogen and oxygen atoms in total. The Bertz CT molecular complexity index is 612. The van der Waals surface area contributed by atoms with Gasteiger partial charge in [0.15, 0.2) is 5.69 Å². The average molecular weight is 363 g/mol. The van der Waals surface area contributed by atoms with E-state index in [1.807, 2.05) is 4.90 Å². The minimum atomic E-state index is -0.252. The van der Waals surface area contributed by atoms with Gasteiger partial charge in [0.25, 0.3) is 5.91 Å². The van der Waals surface area contributed by atoms with E-state index in [0.29, 0.717) is 37.7 Å². The van der Waals surface area contributed by atoms with Gasteiger partial charge < -0.3 is 15.0 Å². The number of nitrogens with zero attached hydrogens (tertiary/aromatic N) is 4. The van der Waals surface area contributed by atoms with Gasteiger partial charge in [-0.15, -0.1) is 5.10 Å². The molecule has 1 saturated heterocycles. The van der Waals surface area contributed by atoms with Gasteiger partial charge >= 0.3 is 0 Å². The van der Waals surface area contributed by atoms with E-state index in [1.54, 1.807) is 18.0 Å². The number of methoxy groups -OCH3 is 1. The molecule has 1 saturated carbocycles. The minimum Gasteiger partial charge on any atom is -0.383 e. The lowest BCUT2D eigenvalue weighted by Crippen LogP contribution is -2.41. The quantitative estimate of drug-likeness (QED) is 0.740. The molecular formula is C18H29N5O3. The van der Waals surface area contributed by atoms with Crippen LogP contribution in [-0.2, 0) is 9.53 Å². The van der Waals surface area contributed by atoms with Crippen molar-refractivity contribution in [1.82, 2.24) is 25.2 Å². The molecule has 0 aromatic carbocycles. The fourth-order valence-electron chi connectivity index (χ4n) is 3.90. The first-order valence-electron chi connectivity index (χ1n) is 9.64. The van der Waals surface area contributed by atoms with Crippen LogP contribution in [0.4, 0.5) is 0 Å². The molecule has 144 valence electrons. The summed E-state index contributed by atoms with van der Waals surface area (Å²) in [6.07, 6.45) is 9.15. The largest absolute Gasteiger partial charge is 0.383 e. The number of amides is 2. The Labute approximate surface area is 154 Å². The van der Waals surface area contributed by atoms with Crippen molar-refractivity contribution in [3.05, 3.63) is 11.9 Å². The molecule has 2 heterocycles. The maximum Gasteiger partial charge on any atom is 0.273 e. The van der Waals surface area contributed by atoms with Gasteiger partial charge in [-0.25, -0.2) is 4.68 Å². The predicted molar refractivity (Wildman–Crippen MR) is 95.7 cm³/mol. The zero-order valence-electron chi connectivity index (χ0n) is 15.5. The van der Waals surface area contributed by atoms with E-state index in [0.717, 1.165) is 19.4 Å². The van der Waals surface area contributed by atoms with Crippen molar-refractivity contribution in [2.24, 2.45) is 5.92 Å². The molecule has 3 rings (SSSR count). The highest BCUT2D eigenvalue weighted by atomic mass is 16.5. The zero-order valence-corrected chi connectivity index (χ0v) is 15.5. The van der Waals surface area contributed by atoms with Crippen LogP contribution in [0.5, 0.6) is 0 Å². The minimum absolute atomic E-state index is 0.0873. The molecule has 1 aromatic rings. The molecule has 0 bridgehead atoms. The van der Waals surface area contributed by atoms with E-state index in [-0.39, 0.29) is 17.9 Å². The Morgan fingerprint density at radius 1 is 1.27 bits per heavy atom. The topological polar surface area (TPSA) is 89.4 Å². The third-order valence-corrected chi connectivity index (χ3v) is 5.40. The maximum absolute atomic E-state index is 12.6. The van der Waals surface area contributed by atoms with Gasteiger partial charge in [-0.3, -0.25) is 9.59 Å². The van der Waals surface area contributed by atoms with Crippen molar-refractivity contribution < 1.29 is 14.3 Å². The number of likely N-dealkylation sites (tertiary alicyclic amines) is 1. The van der Waals surface area contributed by atoms with Gasteiger partial charge in [-0.2, -0.15) is 0 Å². The number of rotatable bonds is 7. The van der Waals surface area contributed by atoms with Crippen molar-refractivity contribution >= 4 is 11.8 Å². The van der Waals surface area contributed by atoms with Crippen molar-refractivity contribution in [3.63, 3.8) is 0 Å². The molecule has 2 amide bonds. The van der Waals surface area contributed by atoms with E-state index in [4.69, 9.17) is 4.74 Å². The number of ether oxygens (including phenoxy) is 1. The van der Waals surface area contributed by atoms with Crippen molar-refractivity contribution in [2.45, 2.75) is 51.0 Å². The van der Waals surface area contributed by atoms with E-state index in [2.05, 4.69) is 15.6 Å². The van der Waals surface area contributed by atoms with Crippen molar-refractivity contribution in [3.8, 4) is 0 Å². The molecule has 1 atom stereocenters. The van der Waals surface area contributed by atoms with Gasteiger partial charge in [0.1, 0.15) is 0 Å². The van der Waals surface area contributed by atoms with Gasteiger partial charge in [0.2, 0.25) is 5.91 Å². The average Bonchev–Trinajstić information content (AvgIpc) is 3.34. The smallest absolute Gasteiger partial charge is 0.273 e. The number of carbonyl (C=O) groups excluding carboxylic acids is 2. The Kier molecular flexibility index (Phi) is 6.60. The van der Waals surface area contributed by atoms with Gasteiger partial charge in [0, 0.05) is 33.2 Å². The van der Waals surface area contributed by atoms with E-state index in [9.17, 15) is 9.59 Å². The highest BCUT2D eigenvalue weighted by Gasteiger charge is 2.28. The summed E-state index contributed by atoms with van der Waals surface area (Å²) in [5.74, 6) is 0.578. The Balaban J connectivity index is 1.54. The summed E-state index contributed by atoms with van der Waals surface area (Å²) in [5, 5.41) is 10.8. The lowest BCUT2D eigenvalue weighted by atomic mass is 10.0. The first-order chi connectivity index (χ1) is 12.7. The highest BCUT2D eigenvalue weighted by molar-refractivity contribution is 5.91. The molecule has 0 radical (unpaired) electrons. The summed E-state index contributed by atoms with van der Waals surface area (Å²) in [4.78, 5) is 26.6. The van der Waals surface area contributed by atoms with Crippen LogP contribution in [0.2, 0.25) is 0 Å². The Morgan fingerprint density at radius 3 is 2.85 bits per heavy atom. The lowest BCUT2D eigenvalue weighted by molar-refractivity contribution is -0.133. The number of piperidine rings is 1.